The van der Waals surface area contributed by atoms with E-state index in [4.69, 9.17) is 27.9 Å². The van der Waals surface area contributed by atoms with Crippen molar-refractivity contribution in [2.24, 2.45) is 5.10 Å². The fourth-order valence-corrected chi connectivity index (χ4v) is 4.37. The number of nitro groups is 1. The van der Waals surface area contributed by atoms with Gasteiger partial charge in [-0.05, 0) is 48.0 Å². The van der Waals surface area contributed by atoms with Crippen LogP contribution in [0.2, 0.25) is 10.0 Å². The molecule has 0 saturated carbocycles. The van der Waals surface area contributed by atoms with Gasteiger partial charge in [-0.25, -0.2) is 4.98 Å². The number of nitrogens with zero attached hydrogens (tertiary/aromatic N) is 4. The van der Waals surface area contributed by atoms with Crippen LogP contribution in [0.4, 0.5) is 18.9 Å². The van der Waals surface area contributed by atoms with E-state index in [1.54, 1.807) is 36.4 Å². The summed E-state index contributed by atoms with van der Waals surface area (Å²) < 4.78 is 47.1. The van der Waals surface area contributed by atoms with E-state index in [2.05, 4.69) is 10.1 Å². The lowest BCUT2D eigenvalue weighted by Gasteiger charge is -2.12. The van der Waals surface area contributed by atoms with Crippen LogP contribution in [-0.2, 0) is 12.8 Å². The molecule has 0 fully saturated rings. The summed E-state index contributed by atoms with van der Waals surface area (Å²) in [5, 5.41) is 16.5. The van der Waals surface area contributed by atoms with Crippen LogP contribution in [0.25, 0.3) is 22.3 Å². The number of para-hydroxylation sites is 1. The molecule has 5 aromatic rings. The average Bonchev–Trinajstić information content (AvgIpc) is 2.97. The summed E-state index contributed by atoms with van der Waals surface area (Å²) in [4.78, 5) is 28.8. The first-order valence-corrected chi connectivity index (χ1v) is 12.9. The largest absolute Gasteiger partial charge is 0.488 e. The Labute approximate surface area is 245 Å². The quantitative estimate of drug-likeness (QED) is 0.106. The Hall–Kier alpha value is -4.74. The summed E-state index contributed by atoms with van der Waals surface area (Å²) in [6.07, 6.45) is -3.49. The molecule has 0 bridgehead atoms. The lowest BCUT2D eigenvalue weighted by atomic mass is 10.1. The molecule has 0 saturated heterocycles. The molecule has 4 aromatic carbocycles. The highest BCUT2D eigenvalue weighted by Crippen LogP contribution is 2.32. The van der Waals surface area contributed by atoms with E-state index in [1.165, 1.54) is 36.4 Å². The number of fused-ring (bicyclic) bond motifs is 1. The summed E-state index contributed by atoms with van der Waals surface area (Å²) in [6, 6.07) is 19.3. The van der Waals surface area contributed by atoms with Gasteiger partial charge in [-0.15, -0.1) is 0 Å². The van der Waals surface area contributed by atoms with Crippen molar-refractivity contribution in [1.29, 1.82) is 0 Å². The molecule has 5 rings (SSSR count). The molecule has 1 aromatic heterocycles. The van der Waals surface area contributed by atoms with Gasteiger partial charge in [0, 0.05) is 23.3 Å². The minimum absolute atomic E-state index is 0.0139. The first kappa shape index (κ1) is 28.8. The molecule has 0 N–H and O–H groups in total. The van der Waals surface area contributed by atoms with Gasteiger partial charge in [0.1, 0.15) is 12.4 Å². The predicted molar refractivity (Wildman–Crippen MR) is 153 cm³/mol. The van der Waals surface area contributed by atoms with Crippen LogP contribution in [0, 0.1) is 10.1 Å². The number of aromatic nitrogens is 2. The van der Waals surface area contributed by atoms with Gasteiger partial charge in [0.05, 0.1) is 37.6 Å². The highest BCUT2D eigenvalue weighted by molar-refractivity contribution is 6.42. The fraction of sp³-hybridized carbons (Fsp3) is 0.0690. The number of rotatable bonds is 7. The summed E-state index contributed by atoms with van der Waals surface area (Å²) in [6.45, 7) is 0.0164. The molecule has 8 nitrogen and oxygen atoms in total. The second-order valence-electron chi connectivity index (χ2n) is 8.91. The van der Waals surface area contributed by atoms with Crippen LogP contribution in [-0.4, -0.2) is 20.8 Å². The monoisotopic (exact) mass is 612 g/mol. The van der Waals surface area contributed by atoms with Gasteiger partial charge in [0.25, 0.3) is 11.2 Å². The second kappa shape index (κ2) is 11.6. The topological polar surface area (TPSA) is 99.6 Å². The molecule has 0 unspecified atom stereocenters. The van der Waals surface area contributed by atoms with Gasteiger partial charge in [0.2, 0.25) is 0 Å². The van der Waals surface area contributed by atoms with Crippen molar-refractivity contribution >= 4 is 46.0 Å². The molecule has 0 aliphatic carbocycles. The zero-order valence-corrected chi connectivity index (χ0v) is 22.7. The van der Waals surface area contributed by atoms with Gasteiger partial charge in [-0.2, -0.15) is 22.9 Å². The molecule has 0 aliphatic heterocycles. The fourth-order valence-electron chi connectivity index (χ4n) is 4.04. The Morgan fingerprint density at radius 1 is 0.976 bits per heavy atom. The second-order valence-corrected chi connectivity index (χ2v) is 9.72. The van der Waals surface area contributed by atoms with Crippen molar-refractivity contribution in [3.05, 3.63) is 132 Å². The third kappa shape index (κ3) is 6.12. The minimum Gasteiger partial charge on any atom is -0.488 e. The van der Waals surface area contributed by atoms with Gasteiger partial charge < -0.3 is 4.74 Å². The maximum absolute atomic E-state index is 13.5. The molecule has 0 spiro atoms. The highest BCUT2D eigenvalue weighted by Gasteiger charge is 2.31. The number of alkyl halides is 3. The predicted octanol–water partition coefficient (Wildman–Crippen LogP) is 7.76. The van der Waals surface area contributed by atoms with E-state index in [-0.39, 0.29) is 45.9 Å². The molecule has 13 heteroatoms. The highest BCUT2D eigenvalue weighted by atomic mass is 35.5. The normalized spacial score (nSPS) is 11.7. The molecular weight excluding hydrogens is 596 g/mol. The van der Waals surface area contributed by atoms with Crippen LogP contribution >= 0.6 is 23.2 Å². The van der Waals surface area contributed by atoms with E-state index in [0.29, 0.717) is 15.6 Å². The van der Waals surface area contributed by atoms with Crippen molar-refractivity contribution in [2.45, 2.75) is 12.8 Å². The lowest BCUT2D eigenvalue weighted by molar-refractivity contribution is -0.384. The Morgan fingerprint density at radius 3 is 2.50 bits per heavy atom. The van der Waals surface area contributed by atoms with Crippen molar-refractivity contribution in [1.82, 2.24) is 9.66 Å². The summed E-state index contributed by atoms with van der Waals surface area (Å²) in [7, 11) is 0. The zero-order chi connectivity index (χ0) is 30.0. The van der Waals surface area contributed by atoms with Gasteiger partial charge in [-0.3, -0.25) is 14.9 Å². The van der Waals surface area contributed by atoms with Crippen LogP contribution in [0.5, 0.6) is 5.75 Å². The van der Waals surface area contributed by atoms with Gasteiger partial charge in [0.15, 0.2) is 5.82 Å². The summed E-state index contributed by atoms with van der Waals surface area (Å²) in [5.74, 6) is 0.0163. The number of hydrogen-bond acceptors (Lipinski definition) is 6. The van der Waals surface area contributed by atoms with E-state index in [0.717, 1.165) is 23.0 Å². The van der Waals surface area contributed by atoms with Crippen LogP contribution in [0.1, 0.15) is 16.7 Å². The number of hydrogen-bond donors (Lipinski definition) is 0. The molecule has 0 atom stereocenters. The first-order valence-electron chi connectivity index (χ1n) is 12.1. The number of benzene rings is 4. The zero-order valence-electron chi connectivity index (χ0n) is 21.2. The SMILES string of the molecule is O=c1c2ccccc2nc(-c2cccc(C(F)(F)F)c2)n1N=Cc1cc([N+](=O)[O-])ccc1OCc1ccc(Cl)c(Cl)c1. The maximum Gasteiger partial charge on any atom is 0.416 e. The molecule has 212 valence electrons. The summed E-state index contributed by atoms with van der Waals surface area (Å²) >= 11 is 12.0. The van der Waals surface area contributed by atoms with E-state index in [1.807, 2.05) is 0 Å². The Bertz CT molecular complexity index is 1930. The Morgan fingerprint density at radius 2 is 1.76 bits per heavy atom. The van der Waals surface area contributed by atoms with E-state index < -0.39 is 22.2 Å². The standard InChI is InChI=1S/C29H17Cl2F3N4O4/c30-23-10-8-17(12-24(23)31)16-42-26-11-9-21(38(40)41)14-19(26)15-35-37-27(18-4-3-5-20(13-18)29(32,33)34)36-25-7-2-1-6-22(25)28(37)39/h1-15H,16H2. The smallest absolute Gasteiger partial charge is 0.416 e. The third-order valence-corrected chi connectivity index (χ3v) is 6.84. The number of non-ortho nitro benzene ring substituents is 1. The molecule has 42 heavy (non-hydrogen) atoms. The molecular formula is C29H17Cl2F3N4O4. The maximum atomic E-state index is 13.5. The molecule has 0 amide bonds. The van der Waals surface area contributed by atoms with Gasteiger partial charge in [-0.1, -0.05) is 53.5 Å². The minimum atomic E-state index is -4.63. The van der Waals surface area contributed by atoms with Crippen molar-refractivity contribution in [2.75, 3.05) is 0 Å². The molecule has 0 radical (unpaired) electrons. The number of halogens is 5. The Kier molecular flexibility index (Phi) is 7.97. The van der Waals surface area contributed by atoms with E-state index >= 15 is 0 Å². The Balaban J connectivity index is 1.62. The molecule has 1 heterocycles. The van der Waals surface area contributed by atoms with Crippen molar-refractivity contribution in [3.8, 4) is 17.1 Å². The van der Waals surface area contributed by atoms with Crippen LogP contribution in [0.3, 0.4) is 0 Å². The summed E-state index contributed by atoms with van der Waals surface area (Å²) in [5.41, 5.74) is -0.850. The average molecular weight is 613 g/mol. The third-order valence-electron chi connectivity index (χ3n) is 6.10. The molecule has 0 aliphatic rings. The van der Waals surface area contributed by atoms with Crippen molar-refractivity contribution in [3.63, 3.8) is 0 Å². The number of nitro benzene ring substituents is 1. The van der Waals surface area contributed by atoms with Crippen LogP contribution in [0.15, 0.2) is 94.8 Å². The lowest BCUT2D eigenvalue weighted by Crippen LogP contribution is -2.20. The first-order chi connectivity index (χ1) is 20.0. The van der Waals surface area contributed by atoms with E-state index in [9.17, 15) is 28.1 Å². The van der Waals surface area contributed by atoms with Crippen molar-refractivity contribution < 1.29 is 22.8 Å². The van der Waals surface area contributed by atoms with Crippen LogP contribution < -0.4 is 10.3 Å². The number of ether oxygens (including phenoxy) is 1. The van der Waals surface area contributed by atoms with Gasteiger partial charge >= 0.3 is 6.18 Å².